The topological polar surface area (TPSA) is 55.4 Å². The van der Waals surface area contributed by atoms with Crippen molar-refractivity contribution in [2.45, 2.75) is 25.3 Å². The van der Waals surface area contributed by atoms with Crippen LogP contribution in [0.1, 0.15) is 29.2 Å². The third kappa shape index (κ3) is 3.98. The molecule has 5 heteroatoms. The summed E-state index contributed by atoms with van der Waals surface area (Å²) in [5, 5.41) is 2.90. The molecule has 1 aliphatic rings. The van der Waals surface area contributed by atoms with Crippen molar-refractivity contribution in [3.05, 3.63) is 71.0 Å². The van der Waals surface area contributed by atoms with Gasteiger partial charge in [0.05, 0.1) is 12.5 Å². The van der Waals surface area contributed by atoms with Gasteiger partial charge >= 0.3 is 5.97 Å². The molecule has 0 heterocycles. The number of benzene rings is 2. The molecule has 0 spiro atoms. The van der Waals surface area contributed by atoms with Gasteiger partial charge in [-0.1, -0.05) is 36.4 Å². The smallest absolute Gasteiger partial charge is 0.310 e. The lowest BCUT2D eigenvalue weighted by atomic mass is 10.1. The summed E-state index contributed by atoms with van der Waals surface area (Å²) in [5.74, 6) is -1.18. The zero-order chi connectivity index (χ0) is 16.9. The van der Waals surface area contributed by atoms with Crippen molar-refractivity contribution in [3.8, 4) is 0 Å². The number of amides is 1. The molecule has 0 saturated heterocycles. The average Bonchev–Trinajstić information content (AvgIpc) is 2.98. The Morgan fingerprint density at radius 2 is 1.88 bits per heavy atom. The van der Waals surface area contributed by atoms with Crippen LogP contribution in [0.15, 0.2) is 48.5 Å². The molecule has 1 amide bonds. The minimum Gasteiger partial charge on any atom is -0.455 e. The number of hydrogen-bond acceptors (Lipinski definition) is 3. The highest BCUT2D eigenvalue weighted by Crippen LogP contribution is 2.30. The number of carbonyl (C=O) groups is 2. The van der Waals surface area contributed by atoms with Gasteiger partial charge in [-0.25, -0.2) is 4.39 Å². The predicted molar refractivity (Wildman–Crippen MR) is 86.7 cm³/mol. The second-order valence-corrected chi connectivity index (χ2v) is 5.82. The Bertz CT molecular complexity index is 743. The molecule has 0 aromatic heterocycles. The van der Waals surface area contributed by atoms with Crippen LogP contribution in [0.4, 0.5) is 4.39 Å². The van der Waals surface area contributed by atoms with E-state index in [-0.39, 0.29) is 30.8 Å². The maximum atomic E-state index is 12.8. The van der Waals surface area contributed by atoms with E-state index in [1.807, 2.05) is 18.2 Å². The van der Waals surface area contributed by atoms with Crippen molar-refractivity contribution in [3.63, 3.8) is 0 Å². The molecule has 0 aliphatic heterocycles. The van der Waals surface area contributed by atoms with Crippen LogP contribution in [-0.2, 0) is 27.2 Å². The van der Waals surface area contributed by atoms with Gasteiger partial charge in [0.15, 0.2) is 6.61 Å². The van der Waals surface area contributed by atoms with Gasteiger partial charge in [-0.15, -0.1) is 0 Å². The lowest BCUT2D eigenvalue weighted by molar-refractivity contribution is -0.148. The van der Waals surface area contributed by atoms with E-state index in [9.17, 15) is 14.0 Å². The van der Waals surface area contributed by atoms with Gasteiger partial charge in [-0.2, -0.15) is 0 Å². The van der Waals surface area contributed by atoms with Gasteiger partial charge < -0.3 is 10.1 Å². The summed E-state index contributed by atoms with van der Waals surface area (Å²) < 4.78 is 17.8. The first-order chi connectivity index (χ1) is 11.6. The number of ether oxygens (including phenoxy) is 1. The SMILES string of the molecule is O=C(COC(=O)Cc1ccc(F)cc1)N[C@H]1CCc2ccccc21. The van der Waals surface area contributed by atoms with Crippen LogP contribution < -0.4 is 5.32 Å². The van der Waals surface area contributed by atoms with E-state index in [0.29, 0.717) is 5.56 Å². The predicted octanol–water partition coefficient (Wildman–Crippen LogP) is 2.72. The molecule has 1 N–H and O–H groups in total. The molecule has 0 unspecified atom stereocenters. The molecule has 3 rings (SSSR count). The first-order valence-electron chi connectivity index (χ1n) is 7.89. The molecule has 124 valence electrons. The Balaban J connectivity index is 1.46. The summed E-state index contributed by atoms with van der Waals surface area (Å²) in [6, 6.07) is 13.6. The number of esters is 1. The average molecular weight is 327 g/mol. The van der Waals surface area contributed by atoms with Crippen LogP contribution in [0.25, 0.3) is 0 Å². The molecule has 2 aromatic carbocycles. The van der Waals surface area contributed by atoms with Gasteiger partial charge in [0.1, 0.15) is 5.82 Å². The zero-order valence-electron chi connectivity index (χ0n) is 13.1. The van der Waals surface area contributed by atoms with Crippen LogP contribution >= 0.6 is 0 Å². The van der Waals surface area contributed by atoms with Crippen LogP contribution in [0.5, 0.6) is 0 Å². The number of nitrogens with one attached hydrogen (secondary N) is 1. The lowest BCUT2D eigenvalue weighted by Gasteiger charge is -2.14. The summed E-state index contributed by atoms with van der Waals surface area (Å²) in [4.78, 5) is 23.7. The van der Waals surface area contributed by atoms with Crippen molar-refractivity contribution in [1.82, 2.24) is 5.32 Å². The van der Waals surface area contributed by atoms with E-state index in [2.05, 4.69) is 11.4 Å². The molecule has 1 aliphatic carbocycles. The summed E-state index contributed by atoms with van der Waals surface area (Å²) in [7, 11) is 0. The number of halogens is 1. The quantitative estimate of drug-likeness (QED) is 0.859. The van der Waals surface area contributed by atoms with E-state index in [4.69, 9.17) is 4.74 Å². The summed E-state index contributed by atoms with van der Waals surface area (Å²) in [6.07, 6.45) is 1.81. The maximum Gasteiger partial charge on any atom is 0.310 e. The maximum absolute atomic E-state index is 12.8. The van der Waals surface area contributed by atoms with Gasteiger partial charge in [-0.3, -0.25) is 9.59 Å². The van der Waals surface area contributed by atoms with Gasteiger partial charge in [0.2, 0.25) is 0 Å². The highest BCUT2D eigenvalue weighted by Gasteiger charge is 2.23. The normalized spacial score (nSPS) is 15.6. The highest BCUT2D eigenvalue weighted by atomic mass is 19.1. The summed E-state index contributed by atoms with van der Waals surface area (Å²) in [6.45, 7) is -0.307. The number of fused-ring (bicyclic) bond motifs is 1. The van der Waals surface area contributed by atoms with E-state index in [1.165, 1.54) is 29.8 Å². The fourth-order valence-corrected chi connectivity index (χ4v) is 2.91. The Labute approximate surface area is 139 Å². The van der Waals surface area contributed by atoms with Crippen LogP contribution in [-0.4, -0.2) is 18.5 Å². The molecule has 2 aromatic rings. The van der Waals surface area contributed by atoms with Crippen molar-refractivity contribution < 1.29 is 18.7 Å². The van der Waals surface area contributed by atoms with E-state index >= 15 is 0 Å². The number of carbonyl (C=O) groups excluding carboxylic acids is 2. The van der Waals surface area contributed by atoms with Crippen molar-refractivity contribution in [2.24, 2.45) is 0 Å². The molecule has 0 fully saturated rings. The Kier molecular flexibility index (Phi) is 4.89. The third-order valence-corrected chi connectivity index (χ3v) is 4.09. The van der Waals surface area contributed by atoms with Crippen molar-refractivity contribution in [2.75, 3.05) is 6.61 Å². The zero-order valence-corrected chi connectivity index (χ0v) is 13.1. The molecular weight excluding hydrogens is 309 g/mol. The van der Waals surface area contributed by atoms with Crippen molar-refractivity contribution >= 4 is 11.9 Å². The minimum absolute atomic E-state index is 0.0137. The molecule has 4 nitrogen and oxygen atoms in total. The Morgan fingerprint density at radius 3 is 2.67 bits per heavy atom. The number of hydrogen-bond donors (Lipinski definition) is 1. The Hall–Kier alpha value is -2.69. The van der Waals surface area contributed by atoms with E-state index in [1.54, 1.807) is 0 Å². The number of aryl methyl sites for hydroxylation is 1. The van der Waals surface area contributed by atoms with Crippen LogP contribution in [0.2, 0.25) is 0 Å². The monoisotopic (exact) mass is 327 g/mol. The summed E-state index contributed by atoms with van der Waals surface area (Å²) >= 11 is 0. The molecule has 0 saturated carbocycles. The molecule has 24 heavy (non-hydrogen) atoms. The fraction of sp³-hybridized carbons (Fsp3) is 0.263. The second-order valence-electron chi connectivity index (χ2n) is 5.82. The van der Waals surface area contributed by atoms with Crippen molar-refractivity contribution in [1.29, 1.82) is 0 Å². The molecule has 0 bridgehead atoms. The first-order valence-corrected chi connectivity index (χ1v) is 7.89. The lowest BCUT2D eigenvalue weighted by Crippen LogP contribution is -2.31. The molecule has 1 atom stereocenters. The van der Waals surface area contributed by atoms with Gasteiger partial charge in [0.25, 0.3) is 5.91 Å². The largest absolute Gasteiger partial charge is 0.455 e. The summed E-state index contributed by atoms with van der Waals surface area (Å²) in [5.41, 5.74) is 3.02. The molecular formula is C19H18FNO3. The van der Waals surface area contributed by atoms with Crippen LogP contribution in [0.3, 0.4) is 0 Å². The molecule has 0 radical (unpaired) electrons. The highest BCUT2D eigenvalue weighted by molar-refractivity contribution is 5.81. The standard InChI is InChI=1S/C19H18FNO3/c20-15-8-5-13(6-9-15)11-19(23)24-12-18(22)21-17-10-7-14-3-1-2-4-16(14)17/h1-6,8-9,17H,7,10-12H2,(H,21,22)/t17-/m0/s1. The first kappa shape index (κ1) is 16.2. The number of rotatable bonds is 5. The van der Waals surface area contributed by atoms with E-state index in [0.717, 1.165) is 18.4 Å². The van der Waals surface area contributed by atoms with Gasteiger partial charge in [-0.05, 0) is 41.7 Å². The van der Waals surface area contributed by atoms with E-state index < -0.39 is 5.97 Å². The second kappa shape index (κ2) is 7.25. The third-order valence-electron chi connectivity index (χ3n) is 4.09. The van der Waals surface area contributed by atoms with Crippen LogP contribution in [0, 0.1) is 5.82 Å². The minimum atomic E-state index is -0.511. The fourth-order valence-electron chi connectivity index (χ4n) is 2.91. The van der Waals surface area contributed by atoms with Gasteiger partial charge in [0, 0.05) is 0 Å². The Morgan fingerprint density at radius 1 is 1.12 bits per heavy atom.